The molecule has 0 fully saturated rings. The van der Waals surface area contributed by atoms with Crippen LogP contribution in [0.5, 0.6) is 0 Å². The summed E-state index contributed by atoms with van der Waals surface area (Å²) in [6.45, 7) is 2.73. The number of imidazole rings is 1. The van der Waals surface area contributed by atoms with Crippen molar-refractivity contribution in [3.63, 3.8) is 0 Å². The molecule has 26 heavy (non-hydrogen) atoms. The summed E-state index contributed by atoms with van der Waals surface area (Å²) >= 11 is 6.19. The van der Waals surface area contributed by atoms with E-state index in [9.17, 15) is 0 Å². The number of aromatic amines is 1. The van der Waals surface area contributed by atoms with Crippen LogP contribution in [0.15, 0.2) is 54.0 Å². The Balaban J connectivity index is 1.67. The standard InChI is InChI=1S/C19H17ClN6/c1-12-23-24-19-6-5-16-18(26(12)19)8-17(15-9-21-11-22-15)25(16)10-13-3-2-4-14(20)7-13/h2-9,11,19,24H,10H2,1H3,(H,21,22). The van der Waals surface area contributed by atoms with Crippen molar-refractivity contribution in [1.82, 2.24) is 20.0 Å². The Hall–Kier alpha value is -2.99. The first-order chi connectivity index (χ1) is 12.7. The number of aromatic nitrogens is 3. The maximum absolute atomic E-state index is 6.19. The van der Waals surface area contributed by atoms with E-state index >= 15 is 0 Å². The first-order valence-electron chi connectivity index (χ1n) is 8.45. The van der Waals surface area contributed by atoms with E-state index in [0.29, 0.717) is 0 Å². The Labute approximate surface area is 155 Å². The highest BCUT2D eigenvalue weighted by atomic mass is 35.5. The summed E-state index contributed by atoms with van der Waals surface area (Å²) in [7, 11) is 0. The van der Waals surface area contributed by atoms with Crippen LogP contribution in [0.1, 0.15) is 18.2 Å². The number of rotatable bonds is 3. The molecule has 7 heteroatoms. The topological polar surface area (TPSA) is 61.2 Å². The quantitative estimate of drug-likeness (QED) is 0.745. The predicted molar refractivity (Wildman–Crippen MR) is 104 cm³/mol. The maximum Gasteiger partial charge on any atom is 0.140 e. The molecule has 0 radical (unpaired) electrons. The molecule has 6 nitrogen and oxygen atoms in total. The largest absolute Gasteiger partial charge is 0.343 e. The summed E-state index contributed by atoms with van der Waals surface area (Å²) in [6.07, 6.45) is 7.90. The number of hydrazone groups is 1. The van der Waals surface area contributed by atoms with Crippen molar-refractivity contribution in [2.75, 3.05) is 4.90 Å². The van der Waals surface area contributed by atoms with Crippen LogP contribution >= 0.6 is 11.6 Å². The molecule has 0 saturated heterocycles. The lowest BCUT2D eigenvalue weighted by Gasteiger charge is -2.27. The Bertz CT molecular complexity index is 1030. The second-order valence-corrected chi connectivity index (χ2v) is 6.88. The third-order valence-electron chi connectivity index (χ3n) is 4.80. The Morgan fingerprint density at radius 3 is 3.00 bits per heavy atom. The fourth-order valence-corrected chi connectivity index (χ4v) is 3.85. The summed E-state index contributed by atoms with van der Waals surface area (Å²) in [5.74, 6) is 0.955. The molecular weight excluding hydrogens is 348 g/mol. The number of amidine groups is 1. The van der Waals surface area contributed by atoms with E-state index in [0.717, 1.165) is 45.7 Å². The molecule has 0 bridgehead atoms. The van der Waals surface area contributed by atoms with E-state index in [4.69, 9.17) is 11.6 Å². The minimum Gasteiger partial charge on any atom is -0.343 e. The van der Waals surface area contributed by atoms with Gasteiger partial charge in [-0.2, -0.15) is 5.10 Å². The highest BCUT2D eigenvalue weighted by Gasteiger charge is 2.32. The van der Waals surface area contributed by atoms with E-state index in [1.54, 1.807) is 6.33 Å². The van der Waals surface area contributed by atoms with Gasteiger partial charge in [0, 0.05) is 11.6 Å². The number of fused-ring (bicyclic) bond motifs is 3. The van der Waals surface area contributed by atoms with Crippen LogP contribution in [0.25, 0.3) is 17.5 Å². The smallest absolute Gasteiger partial charge is 0.140 e. The van der Waals surface area contributed by atoms with E-state index in [-0.39, 0.29) is 6.17 Å². The maximum atomic E-state index is 6.19. The monoisotopic (exact) mass is 364 g/mol. The van der Waals surface area contributed by atoms with Gasteiger partial charge in [-0.3, -0.25) is 5.43 Å². The summed E-state index contributed by atoms with van der Waals surface area (Å²) in [5.41, 5.74) is 8.64. The first-order valence-corrected chi connectivity index (χ1v) is 8.82. The van der Waals surface area contributed by atoms with Gasteiger partial charge < -0.3 is 14.5 Å². The molecular formula is C19H17ClN6. The molecule has 2 aliphatic rings. The summed E-state index contributed by atoms with van der Waals surface area (Å²) < 4.78 is 2.28. The number of nitrogens with zero attached hydrogens (tertiary/aromatic N) is 4. The van der Waals surface area contributed by atoms with Crippen molar-refractivity contribution in [2.24, 2.45) is 5.10 Å². The number of H-pyrrole nitrogens is 1. The average molecular weight is 365 g/mol. The van der Waals surface area contributed by atoms with Crippen molar-refractivity contribution in [2.45, 2.75) is 19.6 Å². The van der Waals surface area contributed by atoms with Crippen molar-refractivity contribution >= 4 is 29.2 Å². The number of anilines is 1. The van der Waals surface area contributed by atoms with Gasteiger partial charge in [0.05, 0.1) is 35.3 Å². The molecule has 130 valence electrons. The van der Waals surface area contributed by atoms with E-state index in [1.165, 1.54) is 0 Å². The van der Waals surface area contributed by atoms with Crippen LogP contribution < -0.4 is 10.3 Å². The van der Waals surface area contributed by atoms with E-state index in [2.05, 4.69) is 54.2 Å². The second kappa shape index (κ2) is 5.78. The number of hydrogen-bond donors (Lipinski definition) is 2. The summed E-state index contributed by atoms with van der Waals surface area (Å²) in [4.78, 5) is 9.63. The van der Waals surface area contributed by atoms with Gasteiger partial charge in [-0.05, 0) is 42.8 Å². The number of hydrogen-bond acceptors (Lipinski definition) is 4. The molecule has 2 N–H and O–H groups in total. The van der Waals surface area contributed by atoms with Crippen molar-refractivity contribution in [3.05, 3.63) is 65.2 Å². The first kappa shape index (κ1) is 15.3. The normalized spacial score (nSPS) is 17.7. The van der Waals surface area contributed by atoms with Gasteiger partial charge in [-0.1, -0.05) is 23.7 Å². The molecule has 1 unspecified atom stereocenters. The van der Waals surface area contributed by atoms with Gasteiger partial charge in [0.25, 0.3) is 0 Å². The van der Waals surface area contributed by atoms with Crippen LogP contribution in [0.3, 0.4) is 0 Å². The minimum absolute atomic E-state index is 0.0686. The molecule has 1 aromatic carbocycles. The minimum atomic E-state index is 0.0686. The van der Waals surface area contributed by atoms with Crippen LogP contribution in [0.4, 0.5) is 5.69 Å². The highest BCUT2D eigenvalue weighted by Crippen LogP contribution is 2.37. The Kier molecular flexibility index (Phi) is 3.39. The Morgan fingerprint density at radius 2 is 2.19 bits per heavy atom. The van der Waals surface area contributed by atoms with Crippen LogP contribution in [0.2, 0.25) is 5.02 Å². The van der Waals surface area contributed by atoms with Crippen LogP contribution in [-0.4, -0.2) is 26.5 Å². The van der Waals surface area contributed by atoms with Gasteiger partial charge in [-0.15, -0.1) is 0 Å². The fourth-order valence-electron chi connectivity index (χ4n) is 3.63. The van der Waals surface area contributed by atoms with Gasteiger partial charge >= 0.3 is 0 Å². The lowest BCUT2D eigenvalue weighted by Crippen LogP contribution is -2.39. The zero-order valence-corrected chi connectivity index (χ0v) is 14.9. The molecule has 3 aromatic rings. The number of benzene rings is 1. The summed E-state index contributed by atoms with van der Waals surface area (Å²) in [6, 6.07) is 10.2. The average Bonchev–Trinajstić information content (AvgIpc) is 3.34. The number of halogens is 1. The fraction of sp³-hybridized carbons (Fsp3) is 0.158. The van der Waals surface area contributed by atoms with Gasteiger partial charge in [-0.25, -0.2) is 4.98 Å². The predicted octanol–water partition coefficient (Wildman–Crippen LogP) is 3.68. The van der Waals surface area contributed by atoms with Gasteiger partial charge in [0.1, 0.15) is 12.0 Å². The van der Waals surface area contributed by atoms with Crippen LogP contribution in [-0.2, 0) is 6.54 Å². The third kappa shape index (κ3) is 2.34. The molecule has 0 saturated carbocycles. The zero-order valence-electron chi connectivity index (χ0n) is 14.1. The molecule has 4 heterocycles. The molecule has 2 aliphatic heterocycles. The van der Waals surface area contributed by atoms with Gasteiger partial charge in [0.15, 0.2) is 0 Å². The lowest BCUT2D eigenvalue weighted by molar-refractivity contribution is 0.682. The van der Waals surface area contributed by atoms with Crippen molar-refractivity contribution in [3.8, 4) is 11.4 Å². The lowest BCUT2D eigenvalue weighted by atomic mass is 10.1. The van der Waals surface area contributed by atoms with Gasteiger partial charge in [0.2, 0.25) is 0 Å². The van der Waals surface area contributed by atoms with Crippen molar-refractivity contribution < 1.29 is 0 Å². The van der Waals surface area contributed by atoms with E-state index in [1.807, 2.05) is 31.3 Å². The second-order valence-electron chi connectivity index (χ2n) is 6.44. The summed E-state index contributed by atoms with van der Waals surface area (Å²) in [5, 5.41) is 5.12. The van der Waals surface area contributed by atoms with Crippen molar-refractivity contribution in [1.29, 1.82) is 0 Å². The SMILES string of the molecule is CC1=NNC2C=Cc3c(cc(-c4cnc[nH]4)n3Cc3cccc(Cl)c3)N12. The Morgan fingerprint density at radius 1 is 1.27 bits per heavy atom. The zero-order chi connectivity index (χ0) is 17.7. The molecule has 1 atom stereocenters. The molecule has 0 aliphatic carbocycles. The third-order valence-corrected chi connectivity index (χ3v) is 5.04. The van der Waals surface area contributed by atoms with E-state index < -0.39 is 0 Å². The molecule has 5 rings (SSSR count). The molecule has 2 aromatic heterocycles. The van der Waals surface area contributed by atoms with Crippen LogP contribution in [0, 0.1) is 0 Å². The molecule has 0 amide bonds. The molecule has 0 spiro atoms. The number of nitrogens with one attached hydrogen (secondary N) is 2. The highest BCUT2D eigenvalue weighted by molar-refractivity contribution is 6.30.